The van der Waals surface area contributed by atoms with Crippen LogP contribution in [-0.2, 0) is 9.59 Å². The minimum atomic E-state index is -1.62. The van der Waals surface area contributed by atoms with Gasteiger partial charge in [0.25, 0.3) is 5.91 Å². The monoisotopic (exact) mass is 277 g/mol. The normalized spacial score (nSPS) is 11.9. The first-order valence-electron chi connectivity index (χ1n) is 4.55. The molecule has 0 radical (unpaired) electrons. The summed E-state index contributed by atoms with van der Waals surface area (Å²) in [6, 6.07) is 4.34. The fraction of sp³-hybridized carbons (Fsp3) is 0.200. The Morgan fingerprint density at radius 2 is 1.76 bits per heavy atom. The average Bonchev–Trinajstić information content (AvgIpc) is 2.14. The van der Waals surface area contributed by atoms with Gasteiger partial charge in [0.05, 0.1) is 6.42 Å². The summed E-state index contributed by atoms with van der Waals surface area (Å²) in [5.41, 5.74) is 0.289. The van der Waals surface area contributed by atoms with Crippen molar-refractivity contribution in [2.45, 2.75) is 12.5 Å². The quantitative estimate of drug-likeness (QED) is 0.783. The Hall–Kier alpha value is -1.30. The molecule has 17 heavy (non-hydrogen) atoms. The van der Waals surface area contributed by atoms with Crippen LogP contribution in [0.25, 0.3) is 0 Å². The smallest absolute Gasteiger partial charge is 0.306 e. The Kier molecular flexibility index (Phi) is 4.74. The van der Waals surface area contributed by atoms with E-state index in [0.717, 1.165) is 0 Å². The third kappa shape index (κ3) is 4.60. The van der Waals surface area contributed by atoms with Gasteiger partial charge in [-0.2, -0.15) is 0 Å². The molecule has 0 bridgehead atoms. The van der Waals surface area contributed by atoms with Gasteiger partial charge in [0.15, 0.2) is 0 Å². The van der Waals surface area contributed by atoms with Crippen LogP contribution in [-0.4, -0.2) is 28.2 Å². The molecule has 92 valence electrons. The van der Waals surface area contributed by atoms with Gasteiger partial charge < -0.3 is 15.5 Å². The van der Waals surface area contributed by atoms with Crippen LogP contribution >= 0.6 is 23.2 Å². The maximum Gasteiger partial charge on any atom is 0.306 e. The fourth-order valence-corrected chi connectivity index (χ4v) is 1.64. The summed E-state index contributed by atoms with van der Waals surface area (Å²) in [6.45, 7) is 0. The zero-order valence-corrected chi connectivity index (χ0v) is 10.00. The molecule has 0 heterocycles. The number of aliphatic carboxylic acids is 1. The molecule has 3 N–H and O–H groups in total. The number of aliphatic hydroxyl groups excluding tert-OH is 1. The number of nitrogens with one attached hydrogen (secondary N) is 1. The number of carbonyl (C=O) groups is 2. The Balaban J connectivity index is 2.70. The lowest BCUT2D eigenvalue weighted by atomic mass is 10.2. The topological polar surface area (TPSA) is 86.6 Å². The number of amides is 1. The third-order valence-corrected chi connectivity index (χ3v) is 2.24. The summed E-state index contributed by atoms with van der Waals surface area (Å²) in [4.78, 5) is 21.7. The summed E-state index contributed by atoms with van der Waals surface area (Å²) < 4.78 is 0. The van der Waals surface area contributed by atoms with E-state index in [1.54, 1.807) is 0 Å². The van der Waals surface area contributed by atoms with Crippen LogP contribution in [0.3, 0.4) is 0 Å². The standard InChI is InChI=1S/C10H9Cl2NO4/c11-5-1-6(12)3-7(2-5)13-10(17)8(14)4-9(15)16/h1-3,8,14H,4H2,(H,13,17)(H,15,16)/t8-/m0/s1. The van der Waals surface area contributed by atoms with Crippen molar-refractivity contribution in [2.75, 3.05) is 5.32 Å². The molecule has 0 unspecified atom stereocenters. The van der Waals surface area contributed by atoms with E-state index in [9.17, 15) is 14.7 Å². The molecular weight excluding hydrogens is 269 g/mol. The molecule has 1 aromatic rings. The predicted molar refractivity (Wildman–Crippen MR) is 63.4 cm³/mol. The molecule has 7 heteroatoms. The van der Waals surface area contributed by atoms with Crippen molar-refractivity contribution in [3.63, 3.8) is 0 Å². The first-order valence-corrected chi connectivity index (χ1v) is 5.31. The summed E-state index contributed by atoms with van der Waals surface area (Å²) in [5, 5.41) is 20.6. The largest absolute Gasteiger partial charge is 0.481 e. The molecule has 1 rings (SSSR count). The van der Waals surface area contributed by atoms with E-state index in [4.69, 9.17) is 28.3 Å². The van der Waals surface area contributed by atoms with Crippen molar-refractivity contribution < 1.29 is 19.8 Å². The molecule has 0 spiro atoms. The average molecular weight is 278 g/mol. The van der Waals surface area contributed by atoms with Gasteiger partial charge in [-0.15, -0.1) is 0 Å². The highest BCUT2D eigenvalue weighted by Gasteiger charge is 2.18. The first-order chi connectivity index (χ1) is 7.88. The summed E-state index contributed by atoms with van der Waals surface area (Å²) in [5.74, 6) is -2.09. The molecule has 1 atom stereocenters. The number of benzene rings is 1. The molecule has 1 amide bonds. The van der Waals surface area contributed by atoms with Gasteiger partial charge in [-0.3, -0.25) is 9.59 Å². The number of rotatable bonds is 4. The van der Waals surface area contributed by atoms with E-state index in [1.807, 2.05) is 0 Å². The van der Waals surface area contributed by atoms with Crippen LogP contribution in [0.2, 0.25) is 10.0 Å². The highest BCUT2D eigenvalue weighted by Crippen LogP contribution is 2.22. The maximum atomic E-state index is 11.4. The van der Waals surface area contributed by atoms with Gasteiger partial charge in [-0.1, -0.05) is 23.2 Å². The number of carboxylic acids is 1. The molecule has 1 aromatic carbocycles. The minimum absolute atomic E-state index is 0.289. The molecule has 0 aromatic heterocycles. The molecule has 5 nitrogen and oxygen atoms in total. The highest BCUT2D eigenvalue weighted by molar-refractivity contribution is 6.35. The van der Waals surface area contributed by atoms with Crippen molar-refractivity contribution in [1.29, 1.82) is 0 Å². The number of anilines is 1. The Bertz CT molecular complexity index is 430. The fourth-order valence-electron chi connectivity index (χ4n) is 1.11. The van der Waals surface area contributed by atoms with Gasteiger partial charge in [0.2, 0.25) is 0 Å². The van der Waals surface area contributed by atoms with Gasteiger partial charge in [-0.05, 0) is 18.2 Å². The highest BCUT2D eigenvalue weighted by atomic mass is 35.5. The zero-order chi connectivity index (χ0) is 13.0. The van der Waals surface area contributed by atoms with Crippen LogP contribution < -0.4 is 5.32 Å². The Morgan fingerprint density at radius 3 is 2.24 bits per heavy atom. The molecule has 0 saturated heterocycles. The SMILES string of the molecule is O=C(O)C[C@H](O)C(=O)Nc1cc(Cl)cc(Cl)c1. The van der Waals surface area contributed by atoms with Gasteiger partial charge >= 0.3 is 5.97 Å². The van der Waals surface area contributed by atoms with Crippen molar-refractivity contribution in [3.05, 3.63) is 28.2 Å². The Labute approximate surface area is 107 Å². The van der Waals surface area contributed by atoms with E-state index >= 15 is 0 Å². The summed E-state index contributed by atoms with van der Waals surface area (Å²) >= 11 is 11.4. The first kappa shape index (κ1) is 13.8. The minimum Gasteiger partial charge on any atom is -0.481 e. The molecule has 0 fully saturated rings. The number of carbonyl (C=O) groups excluding carboxylic acids is 1. The van der Waals surface area contributed by atoms with E-state index in [2.05, 4.69) is 5.32 Å². The molecule has 0 aliphatic carbocycles. The number of aliphatic hydroxyl groups is 1. The number of halogens is 2. The van der Waals surface area contributed by atoms with Crippen LogP contribution in [0, 0.1) is 0 Å². The summed E-state index contributed by atoms with van der Waals surface area (Å²) in [6.07, 6.45) is -2.29. The second-order valence-corrected chi connectivity index (χ2v) is 4.13. The number of hydrogen-bond donors (Lipinski definition) is 3. The molecule has 0 aliphatic rings. The van der Waals surface area contributed by atoms with Gasteiger partial charge in [-0.25, -0.2) is 0 Å². The molecule has 0 saturated carbocycles. The molecular formula is C10H9Cl2NO4. The third-order valence-electron chi connectivity index (χ3n) is 1.80. The van der Waals surface area contributed by atoms with Crippen molar-refractivity contribution >= 4 is 40.8 Å². The predicted octanol–water partition coefficient (Wildman–Crippen LogP) is 1.77. The second kappa shape index (κ2) is 5.86. The van der Waals surface area contributed by atoms with Gasteiger partial charge in [0, 0.05) is 15.7 Å². The van der Waals surface area contributed by atoms with E-state index in [1.165, 1.54) is 18.2 Å². The lowest BCUT2D eigenvalue weighted by Crippen LogP contribution is -2.29. The number of carboxylic acid groups (broad SMARTS) is 1. The van der Waals surface area contributed by atoms with Crippen molar-refractivity contribution in [1.82, 2.24) is 0 Å². The van der Waals surface area contributed by atoms with E-state index in [-0.39, 0.29) is 5.69 Å². The van der Waals surface area contributed by atoms with Crippen molar-refractivity contribution in [2.24, 2.45) is 0 Å². The van der Waals surface area contributed by atoms with E-state index in [0.29, 0.717) is 10.0 Å². The second-order valence-electron chi connectivity index (χ2n) is 3.26. The van der Waals surface area contributed by atoms with E-state index < -0.39 is 24.4 Å². The lowest BCUT2D eigenvalue weighted by Gasteiger charge is -2.09. The molecule has 0 aliphatic heterocycles. The maximum absolute atomic E-state index is 11.4. The van der Waals surface area contributed by atoms with Crippen LogP contribution in [0.5, 0.6) is 0 Å². The van der Waals surface area contributed by atoms with Crippen LogP contribution in [0.1, 0.15) is 6.42 Å². The van der Waals surface area contributed by atoms with Gasteiger partial charge in [0.1, 0.15) is 6.10 Å². The zero-order valence-electron chi connectivity index (χ0n) is 8.48. The number of hydrogen-bond acceptors (Lipinski definition) is 3. The Morgan fingerprint density at radius 1 is 1.24 bits per heavy atom. The summed E-state index contributed by atoms with van der Waals surface area (Å²) in [7, 11) is 0. The van der Waals surface area contributed by atoms with Crippen molar-refractivity contribution in [3.8, 4) is 0 Å². The van der Waals surface area contributed by atoms with Crippen LogP contribution in [0.4, 0.5) is 5.69 Å². The van der Waals surface area contributed by atoms with Crippen LogP contribution in [0.15, 0.2) is 18.2 Å². The lowest BCUT2D eigenvalue weighted by molar-refractivity contribution is -0.142.